The van der Waals surface area contributed by atoms with Gasteiger partial charge in [-0.3, -0.25) is 15.0 Å². The molecule has 1 N–H and O–H groups in total. The molecule has 0 amide bonds. The average Bonchev–Trinajstić information content (AvgIpc) is 2.69. The van der Waals surface area contributed by atoms with Crippen molar-refractivity contribution in [1.82, 2.24) is 9.21 Å². The average molecular weight is 391 g/mol. The Morgan fingerprint density at radius 3 is 2.22 bits per heavy atom. The van der Waals surface area contributed by atoms with Gasteiger partial charge in [-0.1, -0.05) is 42.5 Å². The van der Waals surface area contributed by atoms with E-state index in [1.54, 1.807) is 0 Å². The van der Waals surface area contributed by atoms with Crippen LogP contribution in [-0.2, 0) is 10.0 Å². The largest absolute Gasteiger partial charge is 0.387 e. The van der Waals surface area contributed by atoms with E-state index in [4.69, 9.17) is 0 Å². The van der Waals surface area contributed by atoms with Crippen molar-refractivity contribution in [2.24, 2.45) is 0 Å². The molecule has 0 unspecified atom stereocenters. The van der Waals surface area contributed by atoms with Crippen molar-refractivity contribution in [3.8, 4) is 0 Å². The molecule has 1 aliphatic heterocycles. The van der Waals surface area contributed by atoms with Crippen LogP contribution in [0.25, 0.3) is 0 Å². The van der Waals surface area contributed by atoms with Gasteiger partial charge in [0.2, 0.25) is 10.0 Å². The summed E-state index contributed by atoms with van der Waals surface area (Å²) in [6.45, 7) is 1.74. The number of aliphatic hydroxyl groups is 1. The zero-order valence-corrected chi connectivity index (χ0v) is 15.5. The molecule has 0 bridgehead atoms. The third-order valence-corrected chi connectivity index (χ3v) is 6.57. The number of hydrogen-bond donors (Lipinski definition) is 1. The van der Waals surface area contributed by atoms with Gasteiger partial charge in [0.05, 0.1) is 11.0 Å². The number of piperazine rings is 1. The van der Waals surface area contributed by atoms with Gasteiger partial charge in [-0.15, -0.1) is 0 Å². The van der Waals surface area contributed by atoms with Crippen molar-refractivity contribution >= 4 is 15.7 Å². The van der Waals surface area contributed by atoms with Crippen molar-refractivity contribution in [2.45, 2.75) is 11.0 Å². The van der Waals surface area contributed by atoms with Gasteiger partial charge >= 0.3 is 0 Å². The smallest absolute Gasteiger partial charge is 0.289 e. The molecule has 0 aromatic heterocycles. The summed E-state index contributed by atoms with van der Waals surface area (Å²) in [5.41, 5.74) is 0.395. The van der Waals surface area contributed by atoms with Gasteiger partial charge in [0.25, 0.3) is 5.69 Å². The summed E-state index contributed by atoms with van der Waals surface area (Å²) in [7, 11) is -3.94. The van der Waals surface area contributed by atoms with E-state index in [9.17, 15) is 23.6 Å². The van der Waals surface area contributed by atoms with E-state index < -0.39 is 26.7 Å². The topological polar surface area (TPSA) is 104 Å². The summed E-state index contributed by atoms with van der Waals surface area (Å²) >= 11 is 0. The fourth-order valence-electron chi connectivity index (χ4n) is 3.14. The Morgan fingerprint density at radius 2 is 1.59 bits per heavy atom. The molecule has 1 aliphatic rings. The Hall–Kier alpha value is -2.33. The Morgan fingerprint density at radius 1 is 1.00 bits per heavy atom. The Labute approximate surface area is 157 Å². The summed E-state index contributed by atoms with van der Waals surface area (Å²) in [4.78, 5) is 12.2. The number of rotatable bonds is 6. The van der Waals surface area contributed by atoms with Crippen molar-refractivity contribution in [3.63, 3.8) is 0 Å². The highest BCUT2D eigenvalue weighted by Crippen LogP contribution is 2.27. The van der Waals surface area contributed by atoms with Gasteiger partial charge < -0.3 is 5.11 Å². The fourth-order valence-corrected chi connectivity index (χ4v) is 4.72. The van der Waals surface area contributed by atoms with E-state index in [0.717, 1.165) is 5.56 Å². The Kier molecular flexibility index (Phi) is 5.85. The predicted molar refractivity (Wildman–Crippen MR) is 99.7 cm³/mol. The SMILES string of the molecule is O=[N+]([O-])c1ccccc1S(=O)(=O)N1CCN(C[C@H](O)c2ccccc2)CC1. The number of nitro groups is 1. The lowest BCUT2D eigenvalue weighted by atomic mass is 10.1. The molecule has 144 valence electrons. The first-order chi connectivity index (χ1) is 12.9. The molecule has 0 radical (unpaired) electrons. The van der Waals surface area contributed by atoms with Crippen LogP contribution < -0.4 is 0 Å². The van der Waals surface area contributed by atoms with Gasteiger partial charge in [-0.2, -0.15) is 4.31 Å². The minimum atomic E-state index is -3.94. The number of nitrogens with zero attached hydrogens (tertiary/aromatic N) is 3. The van der Waals surface area contributed by atoms with Crippen molar-refractivity contribution in [1.29, 1.82) is 0 Å². The lowest BCUT2D eigenvalue weighted by molar-refractivity contribution is -0.387. The minimum Gasteiger partial charge on any atom is -0.387 e. The van der Waals surface area contributed by atoms with E-state index in [2.05, 4.69) is 0 Å². The highest BCUT2D eigenvalue weighted by Gasteiger charge is 2.33. The number of hydrogen-bond acceptors (Lipinski definition) is 6. The molecule has 3 rings (SSSR count). The molecule has 1 atom stereocenters. The third-order valence-electron chi connectivity index (χ3n) is 4.63. The Bertz CT molecular complexity index is 896. The van der Waals surface area contributed by atoms with Crippen LogP contribution in [0.3, 0.4) is 0 Å². The number of aliphatic hydroxyl groups excluding tert-OH is 1. The number of para-hydroxylation sites is 1. The summed E-state index contributed by atoms with van der Waals surface area (Å²) < 4.78 is 26.9. The van der Waals surface area contributed by atoms with Crippen LogP contribution in [0.15, 0.2) is 59.5 Å². The lowest BCUT2D eigenvalue weighted by Crippen LogP contribution is -2.49. The van der Waals surface area contributed by atoms with E-state index >= 15 is 0 Å². The van der Waals surface area contributed by atoms with Gasteiger partial charge in [0.15, 0.2) is 4.90 Å². The van der Waals surface area contributed by atoms with E-state index in [1.165, 1.54) is 28.6 Å². The van der Waals surface area contributed by atoms with Crippen molar-refractivity contribution in [3.05, 3.63) is 70.3 Å². The molecular weight excluding hydrogens is 370 g/mol. The summed E-state index contributed by atoms with van der Waals surface area (Å²) in [6.07, 6.45) is -0.649. The predicted octanol–water partition coefficient (Wildman–Crippen LogP) is 1.63. The molecule has 1 saturated heterocycles. The van der Waals surface area contributed by atoms with Crippen LogP contribution in [0.4, 0.5) is 5.69 Å². The zero-order chi connectivity index (χ0) is 19.4. The number of β-amino-alcohol motifs (C(OH)–C–C–N with tert-alkyl or cyclic N) is 1. The second kappa shape index (κ2) is 8.13. The minimum absolute atomic E-state index is 0.218. The highest BCUT2D eigenvalue weighted by molar-refractivity contribution is 7.89. The molecule has 1 fully saturated rings. The van der Waals surface area contributed by atoms with Crippen molar-refractivity contribution < 1.29 is 18.4 Å². The van der Waals surface area contributed by atoms with E-state index in [1.807, 2.05) is 35.2 Å². The van der Waals surface area contributed by atoms with Gasteiger partial charge in [0, 0.05) is 38.8 Å². The maximum atomic E-state index is 12.8. The molecule has 0 aliphatic carbocycles. The highest BCUT2D eigenvalue weighted by atomic mass is 32.2. The van der Waals surface area contributed by atoms with Gasteiger partial charge in [-0.25, -0.2) is 8.42 Å². The van der Waals surface area contributed by atoms with Gasteiger partial charge in [-0.05, 0) is 11.6 Å². The zero-order valence-electron chi connectivity index (χ0n) is 14.6. The number of nitro benzene ring substituents is 1. The standard InChI is InChI=1S/C18H21N3O5S/c22-17(15-6-2-1-3-7-15)14-19-10-12-20(13-11-19)27(25,26)18-9-5-4-8-16(18)21(23)24/h1-9,17,22H,10-14H2/t17-/m0/s1. The number of benzene rings is 2. The molecule has 8 nitrogen and oxygen atoms in total. The van der Waals surface area contributed by atoms with Crippen molar-refractivity contribution in [2.75, 3.05) is 32.7 Å². The van der Waals surface area contributed by atoms with Crippen LogP contribution in [0, 0.1) is 10.1 Å². The van der Waals surface area contributed by atoms with Crippen LogP contribution in [0.2, 0.25) is 0 Å². The van der Waals surface area contributed by atoms with Crippen LogP contribution >= 0.6 is 0 Å². The van der Waals surface area contributed by atoms with Crippen LogP contribution in [0.1, 0.15) is 11.7 Å². The second-order valence-corrected chi connectivity index (χ2v) is 8.26. The molecule has 0 saturated carbocycles. The molecule has 0 spiro atoms. The second-order valence-electron chi connectivity index (χ2n) is 6.36. The lowest BCUT2D eigenvalue weighted by Gasteiger charge is -2.34. The van der Waals surface area contributed by atoms with E-state index in [-0.39, 0.29) is 18.0 Å². The summed E-state index contributed by atoms with van der Waals surface area (Å²) in [5.74, 6) is 0. The van der Waals surface area contributed by atoms with E-state index in [0.29, 0.717) is 19.6 Å². The Balaban J connectivity index is 1.66. The van der Waals surface area contributed by atoms with Gasteiger partial charge in [0.1, 0.15) is 0 Å². The first-order valence-corrected chi connectivity index (χ1v) is 10.0. The fraction of sp³-hybridized carbons (Fsp3) is 0.333. The molecule has 2 aromatic rings. The molecular formula is C18H21N3O5S. The maximum absolute atomic E-state index is 12.8. The van der Waals surface area contributed by atoms with Crippen LogP contribution in [-0.4, -0.2) is 60.4 Å². The summed E-state index contributed by atoms with van der Waals surface area (Å²) in [6, 6.07) is 14.7. The monoisotopic (exact) mass is 391 g/mol. The molecule has 1 heterocycles. The normalized spacial score (nSPS) is 17.5. The third kappa shape index (κ3) is 4.33. The van der Waals surface area contributed by atoms with Crippen LogP contribution in [0.5, 0.6) is 0 Å². The summed E-state index contributed by atoms with van der Waals surface area (Å²) in [5, 5.41) is 21.5. The first kappa shape index (κ1) is 19.4. The maximum Gasteiger partial charge on any atom is 0.289 e. The molecule has 2 aromatic carbocycles. The first-order valence-electron chi connectivity index (χ1n) is 8.58. The molecule has 9 heteroatoms. The number of sulfonamides is 1. The molecule has 27 heavy (non-hydrogen) atoms. The quantitative estimate of drug-likeness (QED) is 0.593.